The molecular weight excluding hydrogens is 301 g/mol. The van der Waals surface area contributed by atoms with Crippen LogP contribution in [0.25, 0.3) is 0 Å². The minimum atomic E-state index is -0.362. The Morgan fingerprint density at radius 1 is 1.41 bits per heavy atom. The Hall–Kier alpha value is -1.07. The number of hydrogen-bond acceptors (Lipinski definition) is 3. The fraction of sp³-hybridized carbons (Fsp3) is 0.588. The van der Waals surface area contributed by atoms with Gasteiger partial charge in [-0.15, -0.1) is 11.8 Å². The lowest BCUT2D eigenvalue weighted by molar-refractivity contribution is -0.136. The van der Waals surface area contributed by atoms with Crippen LogP contribution in [-0.2, 0) is 4.79 Å². The van der Waals surface area contributed by atoms with Crippen LogP contribution in [0.5, 0.6) is 0 Å². The van der Waals surface area contributed by atoms with Crippen molar-refractivity contribution in [3.8, 4) is 0 Å². The summed E-state index contributed by atoms with van der Waals surface area (Å²) >= 11 is 1.57. The number of aliphatic hydroxyl groups is 1. The molecule has 122 valence electrons. The number of thioether (sulfide) groups is 1. The highest BCUT2D eigenvalue weighted by atomic mass is 32.2. The number of carbonyl (C=O) groups excluding carboxylic acids is 1. The molecule has 0 aliphatic carbocycles. The first-order valence-corrected chi connectivity index (χ1v) is 8.81. The highest BCUT2D eigenvalue weighted by molar-refractivity contribution is 7.99. The van der Waals surface area contributed by atoms with Crippen LogP contribution in [0.3, 0.4) is 0 Å². The summed E-state index contributed by atoms with van der Waals surface area (Å²) in [5.41, 5.74) is 0. The zero-order valence-electron chi connectivity index (χ0n) is 13.2. The number of likely N-dealkylation sites (tertiary alicyclic amines) is 1. The number of nitrogens with zero attached hydrogens (tertiary/aromatic N) is 1. The van der Waals surface area contributed by atoms with Gasteiger partial charge in [0.1, 0.15) is 5.82 Å². The number of amides is 1. The molecule has 1 aliphatic rings. The van der Waals surface area contributed by atoms with E-state index in [1.807, 2.05) is 11.8 Å². The largest absolute Gasteiger partial charge is 0.393 e. The third-order valence-corrected chi connectivity index (χ3v) is 5.46. The molecule has 1 aromatic rings. The second-order valence-corrected chi connectivity index (χ2v) is 7.19. The van der Waals surface area contributed by atoms with E-state index in [2.05, 4.69) is 0 Å². The van der Waals surface area contributed by atoms with Gasteiger partial charge in [0.2, 0.25) is 5.91 Å². The molecule has 1 N–H and O–H groups in total. The third kappa shape index (κ3) is 4.71. The fourth-order valence-electron chi connectivity index (χ4n) is 2.74. The summed E-state index contributed by atoms with van der Waals surface area (Å²) in [5.74, 6) is 0.698. The van der Waals surface area contributed by atoms with Gasteiger partial charge in [-0.05, 0) is 44.0 Å². The highest BCUT2D eigenvalue weighted by Gasteiger charge is 2.28. The summed E-state index contributed by atoms with van der Waals surface area (Å²) in [7, 11) is 0. The molecule has 1 fully saturated rings. The smallest absolute Gasteiger partial charge is 0.226 e. The normalized spacial score (nSPS) is 21.5. The van der Waals surface area contributed by atoms with Crippen molar-refractivity contribution in [1.82, 2.24) is 4.90 Å². The Labute approximate surface area is 135 Å². The second kappa shape index (κ2) is 7.97. The predicted octanol–water partition coefficient (Wildman–Crippen LogP) is 3.17. The van der Waals surface area contributed by atoms with E-state index in [-0.39, 0.29) is 29.7 Å². The van der Waals surface area contributed by atoms with Crippen LogP contribution in [0, 0.1) is 17.7 Å². The van der Waals surface area contributed by atoms with E-state index < -0.39 is 0 Å². The lowest BCUT2D eigenvalue weighted by atomic mass is 9.93. The van der Waals surface area contributed by atoms with Gasteiger partial charge >= 0.3 is 0 Å². The van der Waals surface area contributed by atoms with Gasteiger partial charge in [0.05, 0.1) is 6.10 Å². The predicted molar refractivity (Wildman–Crippen MR) is 87.3 cm³/mol. The first kappa shape index (κ1) is 17.3. The van der Waals surface area contributed by atoms with Crippen LogP contribution in [0.4, 0.5) is 4.39 Å². The van der Waals surface area contributed by atoms with Crippen LogP contribution in [0.1, 0.15) is 26.7 Å². The molecule has 5 heteroatoms. The number of rotatable bonds is 5. The van der Waals surface area contributed by atoms with Crippen LogP contribution in [0.15, 0.2) is 29.2 Å². The molecule has 0 spiro atoms. The summed E-state index contributed by atoms with van der Waals surface area (Å²) in [4.78, 5) is 15.4. The Morgan fingerprint density at radius 3 is 2.73 bits per heavy atom. The summed E-state index contributed by atoms with van der Waals surface area (Å²) in [6, 6.07) is 6.35. The van der Waals surface area contributed by atoms with Crippen LogP contribution >= 0.6 is 11.8 Å². The number of aliphatic hydroxyl groups excluding tert-OH is 1. The van der Waals surface area contributed by atoms with Crippen molar-refractivity contribution in [2.75, 3.05) is 18.8 Å². The van der Waals surface area contributed by atoms with Gasteiger partial charge in [-0.3, -0.25) is 4.79 Å². The van der Waals surface area contributed by atoms with E-state index in [1.165, 1.54) is 12.1 Å². The van der Waals surface area contributed by atoms with Gasteiger partial charge in [-0.2, -0.15) is 0 Å². The summed E-state index contributed by atoms with van der Waals surface area (Å²) < 4.78 is 12.9. The van der Waals surface area contributed by atoms with Crippen molar-refractivity contribution >= 4 is 17.7 Å². The lowest BCUT2D eigenvalue weighted by Crippen LogP contribution is -2.45. The molecule has 1 aliphatic heterocycles. The molecule has 2 rings (SSSR count). The molecule has 0 saturated carbocycles. The third-order valence-electron chi connectivity index (χ3n) is 4.19. The molecule has 1 saturated heterocycles. The Bertz CT molecular complexity index is 492. The zero-order valence-corrected chi connectivity index (χ0v) is 14.0. The van der Waals surface area contributed by atoms with Crippen LogP contribution in [0.2, 0.25) is 0 Å². The topological polar surface area (TPSA) is 40.5 Å². The molecular formula is C17H24FNO2S. The number of benzene rings is 1. The fourth-order valence-corrected chi connectivity index (χ4v) is 3.65. The van der Waals surface area contributed by atoms with Crippen molar-refractivity contribution in [3.05, 3.63) is 30.1 Å². The van der Waals surface area contributed by atoms with E-state index in [0.29, 0.717) is 12.3 Å². The molecule has 3 atom stereocenters. The molecule has 0 bridgehead atoms. The van der Waals surface area contributed by atoms with E-state index in [0.717, 1.165) is 24.3 Å². The van der Waals surface area contributed by atoms with Crippen molar-refractivity contribution in [2.24, 2.45) is 11.8 Å². The molecule has 0 radical (unpaired) electrons. The summed E-state index contributed by atoms with van der Waals surface area (Å²) in [6.07, 6.45) is 1.58. The van der Waals surface area contributed by atoms with Gasteiger partial charge < -0.3 is 10.0 Å². The Kier molecular flexibility index (Phi) is 6.26. The Balaban J connectivity index is 1.84. The first-order chi connectivity index (χ1) is 10.5. The standard InChI is InChI=1S/C17H24FNO2S/c1-12(11-22-16-7-5-15(18)6-8-16)17(21)19-9-3-4-14(10-19)13(2)20/h5-8,12-14,20H,3-4,9-11H2,1-2H3. The maximum absolute atomic E-state index is 12.9. The SMILES string of the molecule is CC(CSc1ccc(F)cc1)C(=O)N1CCCC(C(C)O)C1. The monoisotopic (exact) mass is 325 g/mol. The Morgan fingerprint density at radius 2 is 2.09 bits per heavy atom. The van der Waals surface area contributed by atoms with Crippen molar-refractivity contribution in [3.63, 3.8) is 0 Å². The van der Waals surface area contributed by atoms with Gasteiger partial charge in [-0.25, -0.2) is 4.39 Å². The summed E-state index contributed by atoms with van der Waals surface area (Å²) in [6.45, 7) is 5.17. The van der Waals surface area contributed by atoms with Gasteiger partial charge in [0.15, 0.2) is 0 Å². The molecule has 1 amide bonds. The summed E-state index contributed by atoms with van der Waals surface area (Å²) in [5, 5.41) is 9.72. The average molecular weight is 325 g/mol. The van der Waals surface area contributed by atoms with Crippen LogP contribution < -0.4 is 0 Å². The average Bonchev–Trinajstić information content (AvgIpc) is 2.53. The first-order valence-electron chi connectivity index (χ1n) is 7.82. The zero-order chi connectivity index (χ0) is 16.1. The van der Waals surface area contributed by atoms with E-state index in [4.69, 9.17) is 0 Å². The maximum Gasteiger partial charge on any atom is 0.226 e. The quantitative estimate of drug-likeness (QED) is 0.845. The number of piperidine rings is 1. The van der Waals surface area contributed by atoms with Crippen LogP contribution in [-0.4, -0.2) is 40.9 Å². The molecule has 3 nitrogen and oxygen atoms in total. The minimum Gasteiger partial charge on any atom is -0.393 e. The van der Waals surface area contributed by atoms with E-state index >= 15 is 0 Å². The van der Waals surface area contributed by atoms with E-state index in [1.54, 1.807) is 30.8 Å². The molecule has 0 aromatic heterocycles. The van der Waals surface area contributed by atoms with E-state index in [9.17, 15) is 14.3 Å². The maximum atomic E-state index is 12.9. The molecule has 22 heavy (non-hydrogen) atoms. The number of carbonyl (C=O) groups is 1. The molecule has 1 aromatic carbocycles. The second-order valence-electron chi connectivity index (χ2n) is 6.09. The minimum absolute atomic E-state index is 0.0807. The van der Waals surface area contributed by atoms with Gasteiger partial charge in [0.25, 0.3) is 0 Å². The molecule has 1 heterocycles. The number of halogens is 1. The highest BCUT2D eigenvalue weighted by Crippen LogP contribution is 2.24. The lowest BCUT2D eigenvalue weighted by Gasteiger charge is -2.35. The molecule has 3 unspecified atom stereocenters. The van der Waals surface area contributed by atoms with Crippen molar-refractivity contribution in [1.29, 1.82) is 0 Å². The van der Waals surface area contributed by atoms with Gasteiger partial charge in [0, 0.05) is 35.6 Å². The number of hydrogen-bond donors (Lipinski definition) is 1. The van der Waals surface area contributed by atoms with Crippen molar-refractivity contribution in [2.45, 2.75) is 37.7 Å². The van der Waals surface area contributed by atoms with Gasteiger partial charge in [-0.1, -0.05) is 6.92 Å². The van der Waals surface area contributed by atoms with Crippen molar-refractivity contribution < 1.29 is 14.3 Å².